The van der Waals surface area contributed by atoms with Gasteiger partial charge in [0.1, 0.15) is 5.78 Å². The molecule has 21 heavy (non-hydrogen) atoms. The van der Waals surface area contributed by atoms with Crippen molar-refractivity contribution in [3.05, 3.63) is 78.1 Å². The van der Waals surface area contributed by atoms with Crippen molar-refractivity contribution in [3.8, 4) is 0 Å². The summed E-state index contributed by atoms with van der Waals surface area (Å²) in [6.07, 6.45) is 4.26. The fourth-order valence-electron chi connectivity index (χ4n) is 2.68. The van der Waals surface area contributed by atoms with Crippen LogP contribution in [0.2, 0.25) is 0 Å². The zero-order valence-corrected chi connectivity index (χ0v) is 12.0. The van der Waals surface area contributed by atoms with Crippen LogP contribution in [0.5, 0.6) is 0 Å². The Balaban J connectivity index is 1.97. The van der Waals surface area contributed by atoms with E-state index in [2.05, 4.69) is 35.3 Å². The summed E-state index contributed by atoms with van der Waals surface area (Å²) >= 11 is 0. The number of aromatic nitrogens is 1. The SMILES string of the molecule is CC(=O)C(Cc1ccncc1)c1ccc2ccccc2c1. The van der Waals surface area contributed by atoms with E-state index < -0.39 is 0 Å². The van der Waals surface area contributed by atoms with Crippen LogP contribution in [0.25, 0.3) is 10.8 Å². The Hall–Kier alpha value is -2.48. The van der Waals surface area contributed by atoms with E-state index in [-0.39, 0.29) is 11.7 Å². The Morgan fingerprint density at radius 3 is 2.43 bits per heavy atom. The van der Waals surface area contributed by atoms with Gasteiger partial charge in [-0.15, -0.1) is 0 Å². The van der Waals surface area contributed by atoms with Crippen LogP contribution in [0.15, 0.2) is 67.0 Å². The number of hydrogen-bond donors (Lipinski definition) is 0. The number of hydrogen-bond acceptors (Lipinski definition) is 2. The van der Waals surface area contributed by atoms with Crippen molar-refractivity contribution in [1.29, 1.82) is 0 Å². The minimum Gasteiger partial charge on any atom is -0.299 e. The number of Topliss-reactive ketones (excluding diaryl/α,β-unsaturated/α-hetero) is 1. The molecule has 0 bridgehead atoms. The Morgan fingerprint density at radius 1 is 1.00 bits per heavy atom. The van der Waals surface area contributed by atoms with Crippen LogP contribution in [-0.4, -0.2) is 10.8 Å². The maximum absolute atomic E-state index is 12.1. The van der Waals surface area contributed by atoms with Crippen LogP contribution < -0.4 is 0 Å². The molecule has 0 spiro atoms. The largest absolute Gasteiger partial charge is 0.299 e. The quantitative estimate of drug-likeness (QED) is 0.716. The maximum Gasteiger partial charge on any atom is 0.137 e. The van der Waals surface area contributed by atoms with E-state index in [4.69, 9.17) is 0 Å². The first-order valence-electron chi connectivity index (χ1n) is 7.12. The first-order valence-corrected chi connectivity index (χ1v) is 7.12. The summed E-state index contributed by atoms with van der Waals surface area (Å²) in [7, 11) is 0. The minimum atomic E-state index is -0.1000. The molecular formula is C19H17NO. The fourth-order valence-corrected chi connectivity index (χ4v) is 2.68. The second-order valence-electron chi connectivity index (χ2n) is 5.33. The number of fused-ring (bicyclic) bond motifs is 1. The number of benzene rings is 2. The molecular weight excluding hydrogens is 258 g/mol. The van der Waals surface area contributed by atoms with E-state index in [1.165, 1.54) is 10.8 Å². The van der Waals surface area contributed by atoms with Crippen molar-refractivity contribution < 1.29 is 4.79 Å². The molecule has 1 aromatic heterocycles. The number of rotatable bonds is 4. The van der Waals surface area contributed by atoms with Crippen LogP contribution in [0.1, 0.15) is 24.0 Å². The first kappa shape index (κ1) is 13.5. The van der Waals surface area contributed by atoms with E-state index in [1.807, 2.05) is 24.3 Å². The summed E-state index contributed by atoms with van der Waals surface area (Å²) in [4.78, 5) is 16.1. The van der Waals surface area contributed by atoms with Gasteiger partial charge in [-0.2, -0.15) is 0 Å². The highest BCUT2D eigenvalue weighted by Crippen LogP contribution is 2.25. The molecule has 104 valence electrons. The zero-order chi connectivity index (χ0) is 14.7. The van der Waals surface area contributed by atoms with Crippen molar-refractivity contribution >= 4 is 16.6 Å². The van der Waals surface area contributed by atoms with E-state index in [0.717, 1.165) is 17.5 Å². The van der Waals surface area contributed by atoms with Crippen LogP contribution in [0.3, 0.4) is 0 Å². The van der Waals surface area contributed by atoms with Crippen LogP contribution in [0, 0.1) is 0 Å². The Morgan fingerprint density at radius 2 is 1.71 bits per heavy atom. The molecule has 3 aromatic rings. The maximum atomic E-state index is 12.1. The smallest absolute Gasteiger partial charge is 0.137 e. The first-order chi connectivity index (χ1) is 10.2. The molecule has 1 heterocycles. The number of ketones is 1. The lowest BCUT2D eigenvalue weighted by Gasteiger charge is -2.15. The predicted octanol–water partition coefficient (Wildman–Crippen LogP) is 4.15. The average molecular weight is 275 g/mol. The molecule has 2 nitrogen and oxygen atoms in total. The molecule has 3 rings (SSSR count). The molecule has 0 aliphatic rings. The van der Waals surface area contributed by atoms with Gasteiger partial charge in [0, 0.05) is 18.3 Å². The molecule has 0 fully saturated rings. The summed E-state index contributed by atoms with van der Waals surface area (Å²) in [5, 5.41) is 2.38. The van der Waals surface area contributed by atoms with Crippen molar-refractivity contribution in [2.75, 3.05) is 0 Å². The zero-order valence-electron chi connectivity index (χ0n) is 12.0. The monoisotopic (exact) mass is 275 g/mol. The van der Waals surface area contributed by atoms with Crippen LogP contribution in [-0.2, 0) is 11.2 Å². The lowest BCUT2D eigenvalue weighted by molar-refractivity contribution is -0.118. The summed E-state index contributed by atoms with van der Waals surface area (Å²) < 4.78 is 0. The molecule has 0 amide bonds. The number of nitrogens with zero attached hydrogens (tertiary/aromatic N) is 1. The van der Waals surface area contributed by atoms with Gasteiger partial charge >= 0.3 is 0 Å². The van der Waals surface area contributed by atoms with E-state index >= 15 is 0 Å². The highest BCUT2D eigenvalue weighted by Gasteiger charge is 2.17. The number of carbonyl (C=O) groups excluding carboxylic acids is 1. The molecule has 2 heteroatoms. The van der Waals surface area contributed by atoms with Crippen LogP contribution >= 0.6 is 0 Å². The average Bonchev–Trinajstić information content (AvgIpc) is 2.53. The van der Waals surface area contributed by atoms with Gasteiger partial charge in [-0.05, 0) is 47.4 Å². The Kier molecular flexibility index (Phi) is 3.78. The van der Waals surface area contributed by atoms with E-state index in [1.54, 1.807) is 19.3 Å². The number of carbonyl (C=O) groups is 1. The molecule has 0 radical (unpaired) electrons. The van der Waals surface area contributed by atoms with Gasteiger partial charge in [0.2, 0.25) is 0 Å². The molecule has 1 unspecified atom stereocenters. The lowest BCUT2D eigenvalue weighted by atomic mass is 9.88. The highest BCUT2D eigenvalue weighted by molar-refractivity contribution is 5.87. The fraction of sp³-hybridized carbons (Fsp3) is 0.158. The van der Waals surface area contributed by atoms with Gasteiger partial charge in [0.15, 0.2) is 0 Å². The lowest BCUT2D eigenvalue weighted by Crippen LogP contribution is -2.12. The van der Waals surface area contributed by atoms with Gasteiger partial charge in [0.05, 0.1) is 0 Å². The minimum absolute atomic E-state index is 0.1000. The molecule has 0 N–H and O–H groups in total. The third kappa shape index (κ3) is 3.00. The standard InChI is InChI=1S/C19H17NO/c1-14(21)19(12-15-8-10-20-11-9-15)18-7-6-16-4-2-3-5-17(16)13-18/h2-11,13,19H,12H2,1H3. The van der Waals surface area contributed by atoms with Crippen molar-refractivity contribution in [3.63, 3.8) is 0 Å². The van der Waals surface area contributed by atoms with Gasteiger partial charge in [-0.3, -0.25) is 9.78 Å². The van der Waals surface area contributed by atoms with Gasteiger partial charge in [-0.1, -0.05) is 42.5 Å². The Bertz CT molecular complexity index is 765. The molecule has 0 aliphatic heterocycles. The summed E-state index contributed by atoms with van der Waals surface area (Å²) in [6.45, 7) is 1.67. The van der Waals surface area contributed by atoms with Gasteiger partial charge < -0.3 is 0 Å². The van der Waals surface area contributed by atoms with E-state index in [0.29, 0.717) is 0 Å². The van der Waals surface area contributed by atoms with Crippen molar-refractivity contribution in [2.45, 2.75) is 19.3 Å². The normalized spacial score (nSPS) is 12.2. The summed E-state index contributed by atoms with van der Waals surface area (Å²) in [5.74, 6) is 0.0964. The second-order valence-corrected chi connectivity index (χ2v) is 5.33. The molecule has 1 atom stereocenters. The summed E-state index contributed by atoms with van der Waals surface area (Å²) in [5.41, 5.74) is 2.22. The topological polar surface area (TPSA) is 30.0 Å². The van der Waals surface area contributed by atoms with Crippen molar-refractivity contribution in [1.82, 2.24) is 4.98 Å². The second kappa shape index (κ2) is 5.88. The number of pyridine rings is 1. The molecule has 0 saturated carbocycles. The highest BCUT2D eigenvalue weighted by atomic mass is 16.1. The molecule has 2 aromatic carbocycles. The van der Waals surface area contributed by atoms with Gasteiger partial charge in [0.25, 0.3) is 0 Å². The van der Waals surface area contributed by atoms with Gasteiger partial charge in [-0.25, -0.2) is 0 Å². The summed E-state index contributed by atoms with van der Waals surface area (Å²) in [6, 6.07) is 18.5. The predicted molar refractivity (Wildman–Crippen MR) is 85.3 cm³/mol. The molecule has 0 saturated heterocycles. The van der Waals surface area contributed by atoms with Crippen molar-refractivity contribution in [2.24, 2.45) is 0 Å². The Labute approximate surface area is 124 Å². The molecule has 0 aliphatic carbocycles. The third-order valence-electron chi connectivity index (χ3n) is 3.86. The third-order valence-corrected chi connectivity index (χ3v) is 3.86. The van der Waals surface area contributed by atoms with Crippen LogP contribution in [0.4, 0.5) is 0 Å². The van der Waals surface area contributed by atoms with E-state index in [9.17, 15) is 4.79 Å².